The summed E-state index contributed by atoms with van der Waals surface area (Å²) in [6, 6.07) is 9.40. The Balaban J connectivity index is 1.34. The Labute approximate surface area is 171 Å². The molecule has 2 aromatic heterocycles. The Morgan fingerprint density at radius 3 is 2.68 bits per heavy atom. The summed E-state index contributed by atoms with van der Waals surface area (Å²) in [5, 5.41) is 1.95. The number of thiophene rings is 1. The number of aryl methyl sites for hydroxylation is 2. The molecule has 0 radical (unpaired) electrons. The molecule has 0 fully saturated rings. The van der Waals surface area contributed by atoms with Gasteiger partial charge in [-0.25, -0.2) is 9.97 Å². The number of aromatic nitrogens is 2. The van der Waals surface area contributed by atoms with Crippen molar-refractivity contribution in [3.63, 3.8) is 0 Å². The second kappa shape index (κ2) is 8.70. The third-order valence-corrected chi connectivity index (χ3v) is 6.79. The van der Waals surface area contributed by atoms with E-state index in [1.807, 2.05) is 30.3 Å². The van der Waals surface area contributed by atoms with Crippen molar-refractivity contribution in [2.45, 2.75) is 37.1 Å². The number of rotatable bonds is 5. The number of nitrogens with zero attached hydrogens (tertiary/aromatic N) is 2. The molecule has 0 saturated carbocycles. The Kier molecular flexibility index (Phi) is 5.87. The fourth-order valence-electron chi connectivity index (χ4n) is 3.31. The molecule has 2 N–H and O–H groups in total. The summed E-state index contributed by atoms with van der Waals surface area (Å²) in [6.07, 6.45) is 6.35. The van der Waals surface area contributed by atoms with Gasteiger partial charge in [0.05, 0.1) is 12.2 Å². The Bertz CT molecular complexity index is 1000. The number of hydrazine groups is 1. The zero-order valence-corrected chi connectivity index (χ0v) is 16.9. The van der Waals surface area contributed by atoms with Crippen LogP contribution in [0.4, 0.5) is 0 Å². The van der Waals surface area contributed by atoms with E-state index in [4.69, 9.17) is 0 Å². The summed E-state index contributed by atoms with van der Waals surface area (Å²) in [5.41, 5.74) is 7.19. The predicted molar refractivity (Wildman–Crippen MR) is 111 cm³/mol. The summed E-state index contributed by atoms with van der Waals surface area (Å²) < 4.78 is 0. The first-order valence-corrected chi connectivity index (χ1v) is 11.0. The molecule has 2 amide bonds. The van der Waals surface area contributed by atoms with Crippen LogP contribution in [0.5, 0.6) is 0 Å². The number of thioether (sulfide) groups is 1. The Hall–Kier alpha value is -2.45. The van der Waals surface area contributed by atoms with E-state index < -0.39 is 0 Å². The molecule has 0 saturated heterocycles. The maximum absolute atomic E-state index is 12.1. The van der Waals surface area contributed by atoms with Gasteiger partial charge in [-0.05, 0) is 36.8 Å². The van der Waals surface area contributed by atoms with E-state index in [-0.39, 0.29) is 24.0 Å². The lowest BCUT2D eigenvalue weighted by Gasteiger charge is -2.11. The van der Waals surface area contributed by atoms with Crippen LogP contribution in [0.3, 0.4) is 0 Å². The lowest BCUT2D eigenvalue weighted by Crippen LogP contribution is -2.43. The highest BCUT2D eigenvalue weighted by Crippen LogP contribution is 2.39. The van der Waals surface area contributed by atoms with Crippen LogP contribution in [0.25, 0.3) is 10.2 Å². The van der Waals surface area contributed by atoms with E-state index in [9.17, 15) is 9.59 Å². The van der Waals surface area contributed by atoms with Crippen molar-refractivity contribution in [2.24, 2.45) is 0 Å². The van der Waals surface area contributed by atoms with Crippen molar-refractivity contribution in [3.8, 4) is 0 Å². The van der Waals surface area contributed by atoms with E-state index in [2.05, 4.69) is 20.8 Å². The number of nitrogens with one attached hydrogen (secondary N) is 2. The van der Waals surface area contributed by atoms with Crippen molar-refractivity contribution in [1.29, 1.82) is 0 Å². The van der Waals surface area contributed by atoms with Crippen LogP contribution in [0.1, 0.15) is 28.8 Å². The van der Waals surface area contributed by atoms with Crippen LogP contribution < -0.4 is 10.9 Å². The third-order valence-electron chi connectivity index (χ3n) is 4.61. The predicted octanol–water partition coefficient (Wildman–Crippen LogP) is 3.05. The zero-order valence-electron chi connectivity index (χ0n) is 15.2. The smallest absolute Gasteiger partial charge is 0.248 e. The van der Waals surface area contributed by atoms with E-state index in [0.29, 0.717) is 0 Å². The van der Waals surface area contributed by atoms with Gasteiger partial charge < -0.3 is 0 Å². The van der Waals surface area contributed by atoms with Crippen LogP contribution in [0.2, 0.25) is 0 Å². The highest BCUT2D eigenvalue weighted by atomic mass is 32.2. The summed E-state index contributed by atoms with van der Waals surface area (Å²) in [4.78, 5) is 35.3. The SMILES string of the molecule is O=C(CSc1ncnc2sc3c(c12)CCCC3)NNC(=O)Cc1ccccc1. The molecule has 1 aliphatic carbocycles. The minimum atomic E-state index is -0.262. The Morgan fingerprint density at radius 1 is 1.04 bits per heavy atom. The van der Waals surface area contributed by atoms with Gasteiger partial charge in [-0.2, -0.15) is 0 Å². The monoisotopic (exact) mass is 412 g/mol. The van der Waals surface area contributed by atoms with E-state index in [1.165, 1.54) is 35.0 Å². The average Bonchev–Trinajstić information content (AvgIpc) is 3.10. The number of benzene rings is 1. The average molecular weight is 413 g/mol. The van der Waals surface area contributed by atoms with Crippen molar-refractivity contribution >= 4 is 45.1 Å². The van der Waals surface area contributed by atoms with Crippen molar-refractivity contribution in [1.82, 2.24) is 20.8 Å². The highest BCUT2D eigenvalue weighted by Gasteiger charge is 2.20. The molecule has 1 aliphatic rings. The van der Waals surface area contributed by atoms with Crippen molar-refractivity contribution in [2.75, 3.05) is 5.75 Å². The summed E-state index contributed by atoms with van der Waals surface area (Å²) in [6.45, 7) is 0. The summed E-state index contributed by atoms with van der Waals surface area (Å²) >= 11 is 3.12. The summed E-state index contributed by atoms with van der Waals surface area (Å²) in [7, 11) is 0. The van der Waals surface area contributed by atoms with E-state index >= 15 is 0 Å². The fourth-order valence-corrected chi connectivity index (χ4v) is 5.42. The molecule has 0 spiro atoms. The van der Waals surface area contributed by atoms with Crippen LogP contribution in [-0.4, -0.2) is 27.5 Å². The van der Waals surface area contributed by atoms with Crippen LogP contribution >= 0.6 is 23.1 Å². The lowest BCUT2D eigenvalue weighted by molar-refractivity contribution is -0.127. The number of amides is 2. The molecule has 0 aliphatic heterocycles. The minimum absolute atomic E-state index is 0.183. The van der Waals surface area contributed by atoms with Gasteiger partial charge in [0.2, 0.25) is 11.8 Å². The number of fused-ring (bicyclic) bond motifs is 3. The maximum Gasteiger partial charge on any atom is 0.248 e. The largest absolute Gasteiger partial charge is 0.273 e. The van der Waals surface area contributed by atoms with Crippen molar-refractivity contribution < 1.29 is 9.59 Å². The van der Waals surface area contributed by atoms with Gasteiger partial charge >= 0.3 is 0 Å². The Morgan fingerprint density at radius 2 is 1.82 bits per heavy atom. The maximum atomic E-state index is 12.1. The summed E-state index contributed by atoms with van der Waals surface area (Å²) in [5.74, 6) is -0.328. The topological polar surface area (TPSA) is 84.0 Å². The first kappa shape index (κ1) is 18.9. The standard InChI is InChI=1S/C20H20N4O2S2/c25-16(10-13-6-2-1-3-7-13)23-24-17(26)11-27-19-18-14-8-4-5-9-15(14)28-20(18)22-12-21-19/h1-3,6-7,12H,4-5,8-11H2,(H,23,25)(H,24,26). The van der Waals surface area contributed by atoms with Crippen LogP contribution in [0.15, 0.2) is 41.7 Å². The van der Waals surface area contributed by atoms with E-state index in [0.717, 1.165) is 33.6 Å². The third kappa shape index (κ3) is 4.34. The fraction of sp³-hybridized carbons (Fsp3) is 0.300. The molecule has 2 heterocycles. The number of hydrogen-bond donors (Lipinski definition) is 2. The number of hydrogen-bond acceptors (Lipinski definition) is 6. The molecule has 8 heteroatoms. The molecule has 0 atom stereocenters. The quantitative estimate of drug-likeness (QED) is 0.382. The molecular weight excluding hydrogens is 392 g/mol. The van der Waals surface area contributed by atoms with Crippen LogP contribution in [-0.2, 0) is 28.9 Å². The number of carbonyl (C=O) groups excluding carboxylic acids is 2. The molecule has 144 valence electrons. The van der Waals surface area contributed by atoms with Crippen LogP contribution in [0, 0.1) is 0 Å². The van der Waals surface area contributed by atoms with E-state index in [1.54, 1.807) is 17.7 Å². The highest BCUT2D eigenvalue weighted by molar-refractivity contribution is 8.00. The van der Waals surface area contributed by atoms with Gasteiger partial charge in [-0.15, -0.1) is 11.3 Å². The number of carbonyl (C=O) groups is 2. The van der Waals surface area contributed by atoms with Gasteiger partial charge in [0, 0.05) is 10.3 Å². The molecule has 4 rings (SSSR count). The van der Waals surface area contributed by atoms with Gasteiger partial charge in [0.25, 0.3) is 0 Å². The van der Waals surface area contributed by atoms with Gasteiger partial charge in [-0.3, -0.25) is 20.4 Å². The molecule has 0 bridgehead atoms. The minimum Gasteiger partial charge on any atom is -0.273 e. The van der Waals surface area contributed by atoms with Gasteiger partial charge in [-0.1, -0.05) is 42.1 Å². The van der Waals surface area contributed by atoms with Gasteiger partial charge in [0.1, 0.15) is 16.2 Å². The molecule has 28 heavy (non-hydrogen) atoms. The van der Waals surface area contributed by atoms with Gasteiger partial charge in [0.15, 0.2) is 0 Å². The first-order valence-electron chi connectivity index (χ1n) is 9.20. The second-order valence-corrected chi connectivity index (χ2v) is 8.66. The normalized spacial score (nSPS) is 13.1. The molecule has 3 aromatic rings. The molecule has 0 unspecified atom stereocenters. The molecule has 1 aromatic carbocycles. The molecule has 6 nitrogen and oxygen atoms in total. The molecular formula is C20H20N4O2S2. The van der Waals surface area contributed by atoms with Crippen molar-refractivity contribution in [3.05, 3.63) is 52.7 Å². The lowest BCUT2D eigenvalue weighted by atomic mass is 9.97. The second-order valence-electron chi connectivity index (χ2n) is 6.62. The zero-order chi connectivity index (χ0) is 19.3. The first-order chi connectivity index (χ1) is 13.7.